The minimum Gasteiger partial charge on any atom is -0.272 e. The maximum atomic E-state index is 12.3. The Hall–Kier alpha value is -3.49. The lowest BCUT2D eigenvalue weighted by molar-refractivity contribution is -0.118. The molecule has 0 unspecified atom stereocenters. The molecule has 9 heteroatoms. The third kappa shape index (κ3) is 5.40. The first kappa shape index (κ1) is 21.7. The lowest BCUT2D eigenvalue weighted by atomic mass is 10.2. The fourth-order valence-corrected chi connectivity index (χ4v) is 3.74. The number of hydrogen-bond acceptors (Lipinski definition) is 6. The third-order valence-corrected chi connectivity index (χ3v) is 5.65. The van der Waals surface area contributed by atoms with Gasteiger partial charge >= 0.3 is 0 Å². The summed E-state index contributed by atoms with van der Waals surface area (Å²) in [4.78, 5) is 16.4. The van der Waals surface area contributed by atoms with Crippen molar-refractivity contribution in [2.45, 2.75) is 12.1 Å². The van der Waals surface area contributed by atoms with Crippen molar-refractivity contribution < 1.29 is 4.79 Å². The highest BCUT2D eigenvalue weighted by molar-refractivity contribution is 7.99. The standard InChI is InChI=1S/C23H19ClN6OS/c1-16-2-8-20(9-3-16)30-22(18-10-12-25-13-11-18)28-29-23(30)32-15-21(31)27-26-14-17-4-6-19(24)7-5-17/h2-14H,15H2,1H3,(H,27,31)/b26-14-. The first-order valence-corrected chi connectivity index (χ1v) is 11.1. The molecule has 1 N–H and O–H groups in total. The number of carbonyl (C=O) groups is 1. The first-order valence-electron chi connectivity index (χ1n) is 9.73. The van der Waals surface area contributed by atoms with Gasteiger partial charge in [-0.25, -0.2) is 5.43 Å². The van der Waals surface area contributed by atoms with Crippen LogP contribution in [0, 0.1) is 6.92 Å². The van der Waals surface area contributed by atoms with E-state index in [2.05, 4.69) is 25.7 Å². The molecule has 160 valence electrons. The predicted molar refractivity (Wildman–Crippen MR) is 127 cm³/mol. The van der Waals surface area contributed by atoms with E-state index in [1.54, 1.807) is 30.7 Å². The zero-order valence-corrected chi connectivity index (χ0v) is 18.7. The van der Waals surface area contributed by atoms with E-state index < -0.39 is 0 Å². The molecule has 4 aromatic rings. The topological polar surface area (TPSA) is 85.1 Å². The van der Waals surface area contributed by atoms with Gasteiger partial charge in [-0.1, -0.05) is 53.2 Å². The molecule has 0 bridgehead atoms. The maximum absolute atomic E-state index is 12.3. The van der Waals surface area contributed by atoms with Crippen LogP contribution in [-0.2, 0) is 4.79 Å². The molecule has 2 aromatic carbocycles. The number of nitrogens with zero attached hydrogens (tertiary/aromatic N) is 5. The zero-order chi connectivity index (χ0) is 22.3. The van der Waals surface area contributed by atoms with Crippen molar-refractivity contribution in [1.29, 1.82) is 0 Å². The first-order chi connectivity index (χ1) is 15.6. The van der Waals surface area contributed by atoms with Crippen molar-refractivity contribution in [3.05, 3.63) is 89.2 Å². The molecule has 0 fully saturated rings. The number of aryl methyl sites for hydroxylation is 1. The SMILES string of the molecule is Cc1ccc(-n2c(SCC(=O)N/N=C\c3ccc(Cl)cc3)nnc2-c2ccncc2)cc1. The molecule has 2 aromatic heterocycles. The second-order valence-electron chi connectivity index (χ2n) is 6.85. The molecule has 2 heterocycles. The van der Waals surface area contributed by atoms with Crippen LogP contribution in [0.3, 0.4) is 0 Å². The highest BCUT2D eigenvalue weighted by Gasteiger charge is 2.17. The van der Waals surface area contributed by atoms with Gasteiger partial charge < -0.3 is 0 Å². The summed E-state index contributed by atoms with van der Waals surface area (Å²) >= 11 is 7.16. The van der Waals surface area contributed by atoms with Gasteiger partial charge in [0.25, 0.3) is 5.91 Å². The Morgan fingerprint density at radius 3 is 2.50 bits per heavy atom. The number of thioether (sulfide) groups is 1. The average molecular weight is 463 g/mol. The van der Waals surface area contributed by atoms with Gasteiger partial charge in [0, 0.05) is 28.7 Å². The normalized spacial score (nSPS) is 11.1. The summed E-state index contributed by atoms with van der Waals surface area (Å²) in [6.07, 6.45) is 4.99. The molecule has 0 spiro atoms. The van der Waals surface area contributed by atoms with Crippen LogP contribution in [0.1, 0.15) is 11.1 Å². The fourth-order valence-electron chi connectivity index (χ4n) is 2.87. The second kappa shape index (κ2) is 10.2. The largest absolute Gasteiger partial charge is 0.272 e. The average Bonchev–Trinajstić information content (AvgIpc) is 3.24. The van der Waals surface area contributed by atoms with E-state index in [4.69, 9.17) is 11.6 Å². The maximum Gasteiger partial charge on any atom is 0.250 e. The Bertz CT molecular complexity index is 1220. The van der Waals surface area contributed by atoms with Gasteiger partial charge in [-0.2, -0.15) is 5.10 Å². The summed E-state index contributed by atoms with van der Waals surface area (Å²) in [5.41, 5.74) is 6.32. The molecular formula is C23H19ClN6OS. The Morgan fingerprint density at radius 1 is 1.06 bits per heavy atom. The number of nitrogens with one attached hydrogen (secondary N) is 1. The lowest BCUT2D eigenvalue weighted by Crippen LogP contribution is -2.20. The van der Waals surface area contributed by atoms with Gasteiger partial charge in [0.2, 0.25) is 0 Å². The van der Waals surface area contributed by atoms with Gasteiger partial charge in [-0.3, -0.25) is 14.3 Å². The highest BCUT2D eigenvalue weighted by atomic mass is 35.5. The molecule has 0 radical (unpaired) electrons. The molecule has 0 aliphatic heterocycles. The Kier molecular flexibility index (Phi) is 6.94. The van der Waals surface area contributed by atoms with Gasteiger partial charge in [-0.05, 0) is 48.9 Å². The molecule has 0 saturated heterocycles. The number of hydrazone groups is 1. The van der Waals surface area contributed by atoms with Crippen LogP contribution in [0.25, 0.3) is 17.1 Å². The summed E-state index contributed by atoms with van der Waals surface area (Å²) in [6.45, 7) is 2.03. The number of aromatic nitrogens is 4. The predicted octanol–water partition coefficient (Wildman–Crippen LogP) is 4.53. The van der Waals surface area contributed by atoms with Gasteiger partial charge in [0.05, 0.1) is 12.0 Å². The fraction of sp³-hybridized carbons (Fsp3) is 0.0870. The molecule has 0 aliphatic rings. The molecular weight excluding hydrogens is 444 g/mol. The number of halogens is 1. The Morgan fingerprint density at radius 2 is 1.78 bits per heavy atom. The van der Waals surface area contributed by atoms with Crippen molar-refractivity contribution in [2.75, 3.05) is 5.75 Å². The van der Waals surface area contributed by atoms with Crippen LogP contribution < -0.4 is 5.43 Å². The van der Waals surface area contributed by atoms with E-state index in [1.165, 1.54) is 11.8 Å². The number of amides is 1. The molecule has 1 amide bonds. The van der Waals surface area contributed by atoms with E-state index in [0.717, 1.165) is 22.4 Å². The summed E-state index contributed by atoms with van der Waals surface area (Å²) in [6, 6.07) is 19.0. The van der Waals surface area contributed by atoms with E-state index >= 15 is 0 Å². The minimum atomic E-state index is -0.246. The summed E-state index contributed by atoms with van der Waals surface area (Å²) in [7, 11) is 0. The third-order valence-electron chi connectivity index (χ3n) is 4.47. The van der Waals surface area contributed by atoms with Crippen molar-refractivity contribution in [1.82, 2.24) is 25.2 Å². The second-order valence-corrected chi connectivity index (χ2v) is 8.23. The van der Waals surface area contributed by atoms with E-state index in [0.29, 0.717) is 16.0 Å². The zero-order valence-electron chi connectivity index (χ0n) is 17.1. The highest BCUT2D eigenvalue weighted by Crippen LogP contribution is 2.27. The smallest absolute Gasteiger partial charge is 0.250 e. The van der Waals surface area contributed by atoms with Crippen LogP contribution in [0.4, 0.5) is 0 Å². The molecule has 0 aliphatic carbocycles. The van der Waals surface area contributed by atoms with Crippen molar-refractivity contribution in [2.24, 2.45) is 5.10 Å². The minimum absolute atomic E-state index is 0.137. The number of carbonyl (C=O) groups excluding carboxylic acids is 1. The van der Waals surface area contributed by atoms with Crippen LogP contribution in [0.2, 0.25) is 5.02 Å². The Balaban J connectivity index is 1.49. The molecule has 7 nitrogen and oxygen atoms in total. The molecule has 0 atom stereocenters. The van der Waals surface area contributed by atoms with E-state index in [-0.39, 0.29) is 11.7 Å². The van der Waals surface area contributed by atoms with Crippen LogP contribution in [0.5, 0.6) is 0 Å². The van der Waals surface area contributed by atoms with Crippen molar-refractivity contribution >= 4 is 35.5 Å². The summed E-state index contributed by atoms with van der Waals surface area (Å²) in [5.74, 6) is 0.572. The summed E-state index contributed by atoms with van der Waals surface area (Å²) < 4.78 is 1.93. The van der Waals surface area contributed by atoms with Gasteiger partial charge in [0.15, 0.2) is 11.0 Å². The van der Waals surface area contributed by atoms with Gasteiger partial charge in [0.1, 0.15) is 0 Å². The van der Waals surface area contributed by atoms with Crippen molar-refractivity contribution in [3.8, 4) is 17.1 Å². The van der Waals surface area contributed by atoms with Crippen LogP contribution >= 0.6 is 23.4 Å². The van der Waals surface area contributed by atoms with Crippen LogP contribution in [0.15, 0.2) is 83.3 Å². The molecule has 4 rings (SSSR count). The number of hydrogen-bond donors (Lipinski definition) is 1. The quantitative estimate of drug-likeness (QED) is 0.248. The van der Waals surface area contributed by atoms with Crippen LogP contribution in [-0.4, -0.2) is 37.6 Å². The molecule has 0 saturated carbocycles. The number of rotatable bonds is 7. The van der Waals surface area contributed by atoms with Gasteiger partial charge in [-0.15, -0.1) is 10.2 Å². The number of pyridine rings is 1. The monoisotopic (exact) mass is 462 g/mol. The molecule has 32 heavy (non-hydrogen) atoms. The number of benzene rings is 2. The van der Waals surface area contributed by atoms with Crippen molar-refractivity contribution in [3.63, 3.8) is 0 Å². The summed E-state index contributed by atoms with van der Waals surface area (Å²) in [5, 5.41) is 13.9. The van der Waals surface area contributed by atoms with E-state index in [9.17, 15) is 4.79 Å². The Labute approximate surface area is 194 Å². The van der Waals surface area contributed by atoms with E-state index in [1.807, 2.05) is 60.0 Å². The lowest BCUT2D eigenvalue weighted by Gasteiger charge is -2.10.